The van der Waals surface area contributed by atoms with Crippen molar-refractivity contribution in [1.29, 1.82) is 0 Å². The molecule has 0 amide bonds. The van der Waals surface area contributed by atoms with Gasteiger partial charge >= 0.3 is 0 Å². The number of nitrogens with one attached hydrogen (secondary N) is 1. The second kappa shape index (κ2) is 5.68. The Morgan fingerprint density at radius 1 is 1.05 bits per heavy atom. The van der Waals surface area contributed by atoms with Crippen molar-refractivity contribution >= 4 is 0 Å². The van der Waals surface area contributed by atoms with Gasteiger partial charge in [-0.25, -0.2) is 0 Å². The van der Waals surface area contributed by atoms with Crippen LogP contribution in [0.3, 0.4) is 0 Å². The molecular weight excluding hydrogens is 246 g/mol. The Hall–Kier alpha value is -1.80. The fraction of sp³-hybridized carbons (Fsp3) is 0.333. The molecule has 0 saturated carbocycles. The van der Waals surface area contributed by atoms with Gasteiger partial charge in [0.25, 0.3) is 0 Å². The molecule has 1 N–H and O–H groups in total. The summed E-state index contributed by atoms with van der Waals surface area (Å²) in [6.45, 7) is 6.58. The molecule has 2 heteroatoms. The van der Waals surface area contributed by atoms with Gasteiger partial charge in [0.15, 0.2) is 0 Å². The smallest absolute Gasteiger partial charge is 0.127 e. The molecule has 2 nitrogen and oxygen atoms in total. The third kappa shape index (κ3) is 2.70. The van der Waals surface area contributed by atoms with Crippen LogP contribution in [-0.2, 0) is 6.54 Å². The summed E-state index contributed by atoms with van der Waals surface area (Å²) in [7, 11) is 0. The van der Waals surface area contributed by atoms with Gasteiger partial charge in [0.2, 0.25) is 0 Å². The molecule has 1 unspecified atom stereocenters. The summed E-state index contributed by atoms with van der Waals surface area (Å²) < 4.78 is 5.91. The van der Waals surface area contributed by atoms with Gasteiger partial charge in [0.1, 0.15) is 11.5 Å². The second-order valence-electron chi connectivity index (χ2n) is 5.76. The monoisotopic (exact) mass is 267 g/mol. The predicted molar refractivity (Wildman–Crippen MR) is 82.2 cm³/mol. The molecule has 0 saturated heterocycles. The van der Waals surface area contributed by atoms with Crippen LogP contribution in [0.5, 0.6) is 11.5 Å². The Bertz CT molecular complexity index is 577. The van der Waals surface area contributed by atoms with Gasteiger partial charge in [0, 0.05) is 13.1 Å². The lowest BCUT2D eigenvalue weighted by molar-refractivity contribution is 0.432. The fourth-order valence-corrected chi connectivity index (χ4v) is 2.85. The number of benzene rings is 2. The standard InChI is InChI=1S/C18H21NO/c1-13(2)18-12-19-11-14-10-16(8-9-17(14)18)20-15-6-4-3-5-7-15/h3-10,13,18-19H,11-12H2,1-2H3. The minimum atomic E-state index is 0.601. The van der Waals surface area contributed by atoms with E-state index in [1.54, 1.807) is 0 Å². The number of hydrogen-bond donors (Lipinski definition) is 1. The number of rotatable bonds is 3. The third-order valence-corrected chi connectivity index (χ3v) is 3.98. The van der Waals surface area contributed by atoms with Crippen LogP contribution in [0.25, 0.3) is 0 Å². The zero-order valence-electron chi connectivity index (χ0n) is 12.1. The van der Waals surface area contributed by atoms with E-state index in [4.69, 9.17) is 4.74 Å². The van der Waals surface area contributed by atoms with Crippen molar-refractivity contribution in [2.75, 3.05) is 6.54 Å². The van der Waals surface area contributed by atoms with Gasteiger partial charge in [-0.2, -0.15) is 0 Å². The first-order chi connectivity index (χ1) is 9.74. The summed E-state index contributed by atoms with van der Waals surface area (Å²) in [6.07, 6.45) is 0. The third-order valence-electron chi connectivity index (χ3n) is 3.98. The van der Waals surface area contributed by atoms with Gasteiger partial charge in [-0.15, -0.1) is 0 Å². The van der Waals surface area contributed by atoms with E-state index in [0.717, 1.165) is 24.6 Å². The van der Waals surface area contributed by atoms with E-state index in [2.05, 4.69) is 37.4 Å². The molecular formula is C18H21NO. The Morgan fingerprint density at radius 3 is 2.60 bits per heavy atom. The molecule has 3 rings (SSSR count). The second-order valence-corrected chi connectivity index (χ2v) is 5.76. The summed E-state index contributed by atoms with van der Waals surface area (Å²) in [4.78, 5) is 0. The molecule has 0 radical (unpaired) electrons. The van der Waals surface area contributed by atoms with Gasteiger partial charge in [-0.1, -0.05) is 38.1 Å². The van der Waals surface area contributed by atoms with Crippen LogP contribution >= 0.6 is 0 Å². The largest absolute Gasteiger partial charge is 0.457 e. The maximum atomic E-state index is 5.91. The Labute approximate surface area is 120 Å². The molecule has 1 aliphatic rings. The number of hydrogen-bond acceptors (Lipinski definition) is 2. The summed E-state index contributed by atoms with van der Waals surface area (Å²) in [6, 6.07) is 16.4. The summed E-state index contributed by atoms with van der Waals surface area (Å²) in [5, 5.41) is 3.51. The average molecular weight is 267 g/mol. The van der Waals surface area contributed by atoms with Crippen molar-refractivity contribution in [3.8, 4) is 11.5 Å². The Kier molecular flexibility index (Phi) is 3.75. The molecule has 104 valence electrons. The molecule has 2 aromatic rings. The number of para-hydroxylation sites is 1. The highest BCUT2D eigenvalue weighted by atomic mass is 16.5. The lowest BCUT2D eigenvalue weighted by atomic mass is 9.83. The molecule has 1 heterocycles. The maximum absolute atomic E-state index is 5.91. The van der Waals surface area contributed by atoms with Crippen molar-refractivity contribution < 1.29 is 4.74 Å². The molecule has 2 aromatic carbocycles. The number of ether oxygens (including phenoxy) is 1. The minimum Gasteiger partial charge on any atom is -0.457 e. The molecule has 1 aliphatic heterocycles. The van der Waals surface area contributed by atoms with Crippen LogP contribution in [0.2, 0.25) is 0 Å². The SMILES string of the molecule is CC(C)C1CNCc2cc(Oc3ccccc3)ccc21. The van der Waals surface area contributed by atoms with E-state index in [-0.39, 0.29) is 0 Å². The first kappa shape index (κ1) is 13.2. The van der Waals surface area contributed by atoms with Crippen molar-refractivity contribution in [3.05, 3.63) is 59.7 Å². The molecule has 0 fully saturated rings. The van der Waals surface area contributed by atoms with E-state index in [0.29, 0.717) is 11.8 Å². The van der Waals surface area contributed by atoms with Crippen molar-refractivity contribution in [2.24, 2.45) is 5.92 Å². The maximum Gasteiger partial charge on any atom is 0.127 e. The molecule has 0 spiro atoms. The van der Waals surface area contributed by atoms with E-state index < -0.39 is 0 Å². The first-order valence-corrected chi connectivity index (χ1v) is 7.30. The van der Waals surface area contributed by atoms with Crippen LogP contribution in [0, 0.1) is 5.92 Å². The number of fused-ring (bicyclic) bond motifs is 1. The van der Waals surface area contributed by atoms with Gasteiger partial charge in [-0.3, -0.25) is 0 Å². The normalized spacial score (nSPS) is 17.9. The van der Waals surface area contributed by atoms with Crippen LogP contribution in [0.4, 0.5) is 0 Å². The van der Waals surface area contributed by atoms with E-state index >= 15 is 0 Å². The summed E-state index contributed by atoms with van der Waals surface area (Å²) in [5.74, 6) is 3.06. The van der Waals surface area contributed by atoms with E-state index in [9.17, 15) is 0 Å². The minimum absolute atomic E-state index is 0.601. The lowest BCUT2D eigenvalue weighted by Gasteiger charge is -2.29. The Balaban J connectivity index is 1.86. The van der Waals surface area contributed by atoms with Crippen molar-refractivity contribution in [3.63, 3.8) is 0 Å². The quantitative estimate of drug-likeness (QED) is 0.894. The van der Waals surface area contributed by atoms with Gasteiger partial charge in [0.05, 0.1) is 0 Å². The highest BCUT2D eigenvalue weighted by Gasteiger charge is 2.22. The van der Waals surface area contributed by atoms with Crippen LogP contribution in [0.1, 0.15) is 30.9 Å². The fourth-order valence-electron chi connectivity index (χ4n) is 2.85. The van der Waals surface area contributed by atoms with Gasteiger partial charge < -0.3 is 10.1 Å². The van der Waals surface area contributed by atoms with Crippen molar-refractivity contribution in [2.45, 2.75) is 26.3 Å². The lowest BCUT2D eigenvalue weighted by Crippen LogP contribution is -2.30. The molecule has 0 aromatic heterocycles. The van der Waals surface area contributed by atoms with E-state index in [1.165, 1.54) is 11.1 Å². The van der Waals surface area contributed by atoms with Crippen LogP contribution < -0.4 is 10.1 Å². The van der Waals surface area contributed by atoms with Crippen LogP contribution in [0.15, 0.2) is 48.5 Å². The molecule has 20 heavy (non-hydrogen) atoms. The molecule has 1 atom stereocenters. The highest BCUT2D eigenvalue weighted by Crippen LogP contribution is 2.33. The zero-order chi connectivity index (χ0) is 13.9. The predicted octanol–water partition coefficient (Wildman–Crippen LogP) is 4.32. The average Bonchev–Trinajstić information content (AvgIpc) is 2.47. The topological polar surface area (TPSA) is 21.3 Å². The zero-order valence-corrected chi connectivity index (χ0v) is 12.1. The Morgan fingerprint density at radius 2 is 1.85 bits per heavy atom. The molecule has 0 aliphatic carbocycles. The van der Waals surface area contributed by atoms with E-state index in [1.807, 2.05) is 30.3 Å². The first-order valence-electron chi connectivity index (χ1n) is 7.30. The highest BCUT2D eigenvalue weighted by molar-refractivity contribution is 5.41. The van der Waals surface area contributed by atoms with Crippen LogP contribution in [-0.4, -0.2) is 6.54 Å². The molecule has 0 bridgehead atoms. The van der Waals surface area contributed by atoms with Crippen molar-refractivity contribution in [1.82, 2.24) is 5.32 Å². The van der Waals surface area contributed by atoms with Gasteiger partial charge in [-0.05, 0) is 47.2 Å². The summed E-state index contributed by atoms with van der Waals surface area (Å²) >= 11 is 0. The summed E-state index contributed by atoms with van der Waals surface area (Å²) in [5.41, 5.74) is 2.84.